The van der Waals surface area contributed by atoms with Crippen LogP contribution in [0.4, 0.5) is 4.39 Å². The molecule has 162 valence electrons. The van der Waals surface area contributed by atoms with Crippen LogP contribution < -0.4 is 25.4 Å². The van der Waals surface area contributed by atoms with Crippen molar-refractivity contribution in [3.8, 4) is 11.5 Å². The van der Waals surface area contributed by atoms with Crippen molar-refractivity contribution >= 4 is 11.9 Å². The molecular weight excluding hydrogens is 387 g/mol. The maximum atomic E-state index is 13.7. The fourth-order valence-corrected chi connectivity index (χ4v) is 2.76. The second-order valence-corrected chi connectivity index (χ2v) is 6.42. The highest BCUT2D eigenvalue weighted by molar-refractivity contribution is 5.79. The van der Waals surface area contributed by atoms with Gasteiger partial charge in [0.25, 0.3) is 5.91 Å². The molecule has 30 heavy (non-hydrogen) atoms. The van der Waals surface area contributed by atoms with Gasteiger partial charge in [0.1, 0.15) is 5.82 Å². The Morgan fingerprint density at radius 1 is 1.10 bits per heavy atom. The van der Waals surface area contributed by atoms with E-state index in [1.165, 1.54) is 6.07 Å². The zero-order valence-electron chi connectivity index (χ0n) is 17.6. The summed E-state index contributed by atoms with van der Waals surface area (Å²) >= 11 is 0. The maximum Gasteiger partial charge on any atom is 0.257 e. The van der Waals surface area contributed by atoms with Gasteiger partial charge in [-0.05, 0) is 42.7 Å². The molecule has 0 fully saturated rings. The summed E-state index contributed by atoms with van der Waals surface area (Å²) in [7, 11) is 3.23. The normalized spacial score (nSPS) is 11.0. The molecule has 0 atom stereocenters. The Hall–Kier alpha value is -3.29. The van der Waals surface area contributed by atoms with Gasteiger partial charge in [0.2, 0.25) is 0 Å². The standard InChI is InChI=1S/C22H29FN4O3/c1-4-25-21(28)15-30-19-10-9-16(13-20(19)29-3)14-27-22(24-2)26-12-11-17-7-5-6-8-18(17)23/h5-10,13H,4,11-12,14-15H2,1-3H3,(H,25,28)(H2,24,26,27). The highest BCUT2D eigenvalue weighted by Gasteiger charge is 2.09. The van der Waals surface area contributed by atoms with Crippen molar-refractivity contribution in [3.63, 3.8) is 0 Å². The van der Waals surface area contributed by atoms with Crippen LogP contribution in [-0.2, 0) is 17.8 Å². The number of carbonyl (C=O) groups excluding carboxylic acids is 1. The van der Waals surface area contributed by atoms with Crippen molar-refractivity contribution in [3.05, 3.63) is 59.4 Å². The molecule has 0 saturated heterocycles. The van der Waals surface area contributed by atoms with Gasteiger partial charge in [0.15, 0.2) is 24.1 Å². The second-order valence-electron chi connectivity index (χ2n) is 6.42. The average molecular weight is 416 g/mol. The summed E-state index contributed by atoms with van der Waals surface area (Å²) in [6.07, 6.45) is 0.554. The van der Waals surface area contributed by atoms with E-state index in [0.717, 1.165) is 5.56 Å². The molecule has 0 heterocycles. The van der Waals surface area contributed by atoms with Gasteiger partial charge in [-0.25, -0.2) is 4.39 Å². The number of likely N-dealkylation sites (N-methyl/N-ethyl adjacent to an activating group) is 1. The van der Waals surface area contributed by atoms with Gasteiger partial charge >= 0.3 is 0 Å². The average Bonchev–Trinajstić information content (AvgIpc) is 2.76. The van der Waals surface area contributed by atoms with Gasteiger partial charge in [0, 0.05) is 26.7 Å². The van der Waals surface area contributed by atoms with Crippen molar-refractivity contribution in [2.24, 2.45) is 4.99 Å². The SMILES string of the molecule is CCNC(=O)COc1ccc(CNC(=NC)NCCc2ccccc2F)cc1OC. The topological polar surface area (TPSA) is 84.0 Å². The first-order valence-electron chi connectivity index (χ1n) is 9.81. The fraction of sp³-hybridized carbons (Fsp3) is 0.364. The zero-order valence-corrected chi connectivity index (χ0v) is 17.6. The molecule has 0 unspecified atom stereocenters. The van der Waals surface area contributed by atoms with Gasteiger partial charge in [0.05, 0.1) is 7.11 Å². The molecule has 0 saturated carbocycles. The summed E-state index contributed by atoms with van der Waals surface area (Å²) in [6, 6.07) is 12.2. The number of benzene rings is 2. The molecule has 0 bridgehead atoms. The lowest BCUT2D eigenvalue weighted by atomic mass is 10.1. The summed E-state index contributed by atoms with van der Waals surface area (Å²) in [5.41, 5.74) is 1.61. The number of nitrogens with zero attached hydrogens (tertiary/aromatic N) is 1. The minimum atomic E-state index is -0.205. The molecule has 2 rings (SSSR count). The number of halogens is 1. The van der Waals surface area contributed by atoms with E-state index in [9.17, 15) is 9.18 Å². The van der Waals surface area contributed by atoms with Gasteiger partial charge in [-0.1, -0.05) is 24.3 Å². The Morgan fingerprint density at radius 3 is 2.60 bits per heavy atom. The Bertz CT molecular complexity index is 858. The van der Waals surface area contributed by atoms with E-state index in [0.29, 0.717) is 49.1 Å². The van der Waals surface area contributed by atoms with E-state index in [1.54, 1.807) is 32.4 Å². The molecule has 2 aromatic rings. The smallest absolute Gasteiger partial charge is 0.257 e. The molecule has 0 radical (unpaired) electrons. The zero-order chi connectivity index (χ0) is 21.8. The maximum absolute atomic E-state index is 13.7. The summed E-state index contributed by atoms with van der Waals surface area (Å²) < 4.78 is 24.6. The lowest BCUT2D eigenvalue weighted by Crippen LogP contribution is -2.37. The lowest BCUT2D eigenvalue weighted by Gasteiger charge is -2.14. The third-order valence-corrected chi connectivity index (χ3v) is 4.29. The molecule has 0 aliphatic rings. The third kappa shape index (κ3) is 7.27. The largest absolute Gasteiger partial charge is 0.493 e. The van der Waals surface area contributed by atoms with Gasteiger partial charge in [-0.2, -0.15) is 0 Å². The van der Waals surface area contributed by atoms with E-state index < -0.39 is 0 Å². The number of carbonyl (C=O) groups is 1. The first-order chi connectivity index (χ1) is 14.6. The molecule has 3 N–H and O–H groups in total. The number of methoxy groups -OCH3 is 1. The van der Waals surface area contributed by atoms with Crippen LogP contribution in [0.5, 0.6) is 11.5 Å². The van der Waals surface area contributed by atoms with Crippen molar-refractivity contribution in [1.29, 1.82) is 0 Å². The van der Waals surface area contributed by atoms with Crippen molar-refractivity contribution in [2.75, 3.05) is 33.9 Å². The molecule has 2 aromatic carbocycles. The predicted octanol–water partition coefficient (Wildman–Crippen LogP) is 2.26. The lowest BCUT2D eigenvalue weighted by molar-refractivity contribution is -0.123. The Balaban J connectivity index is 1.85. The molecule has 0 aromatic heterocycles. The van der Waals surface area contributed by atoms with Crippen LogP contribution in [-0.4, -0.2) is 45.7 Å². The number of aliphatic imine (C=N–C) groups is 1. The van der Waals surface area contributed by atoms with Crippen molar-refractivity contribution in [1.82, 2.24) is 16.0 Å². The summed E-state index contributed by atoms with van der Waals surface area (Å²) in [5, 5.41) is 9.06. The van der Waals surface area contributed by atoms with Crippen LogP contribution in [0.25, 0.3) is 0 Å². The number of hydrogen-bond acceptors (Lipinski definition) is 4. The third-order valence-electron chi connectivity index (χ3n) is 4.29. The highest BCUT2D eigenvalue weighted by atomic mass is 19.1. The molecule has 8 heteroatoms. The van der Waals surface area contributed by atoms with Crippen molar-refractivity contribution in [2.45, 2.75) is 19.9 Å². The minimum absolute atomic E-state index is 0.0691. The van der Waals surface area contributed by atoms with E-state index >= 15 is 0 Å². The number of nitrogens with one attached hydrogen (secondary N) is 3. The van der Waals surface area contributed by atoms with Crippen LogP contribution >= 0.6 is 0 Å². The number of guanidine groups is 1. The van der Waals surface area contributed by atoms with Crippen LogP contribution in [0.3, 0.4) is 0 Å². The quantitative estimate of drug-likeness (QED) is 0.409. The van der Waals surface area contributed by atoms with Crippen molar-refractivity contribution < 1.29 is 18.7 Å². The number of rotatable bonds is 10. The van der Waals surface area contributed by atoms with Gasteiger partial charge in [-0.15, -0.1) is 0 Å². The van der Waals surface area contributed by atoms with Crippen LogP contribution in [0.15, 0.2) is 47.5 Å². The van der Waals surface area contributed by atoms with E-state index in [-0.39, 0.29) is 18.3 Å². The van der Waals surface area contributed by atoms with Gasteiger partial charge in [-0.3, -0.25) is 9.79 Å². The molecule has 0 spiro atoms. The monoisotopic (exact) mass is 416 g/mol. The summed E-state index contributed by atoms with van der Waals surface area (Å²) in [4.78, 5) is 15.7. The number of hydrogen-bond donors (Lipinski definition) is 3. The van der Waals surface area contributed by atoms with Crippen LogP contribution in [0.1, 0.15) is 18.1 Å². The van der Waals surface area contributed by atoms with E-state index in [2.05, 4.69) is 20.9 Å². The molecule has 0 aliphatic carbocycles. The Labute approximate surface area is 176 Å². The van der Waals surface area contributed by atoms with Crippen LogP contribution in [0.2, 0.25) is 0 Å². The van der Waals surface area contributed by atoms with Gasteiger partial charge < -0.3 is 25.4 Å². The van der Waals surface area contributed by atoms with E-state index in [4.69, 9.17) is 9.47 Å². The molecule has 1 amide bonds. The fourth-order valence-electron chi connectivity index (χ4n) is 2.76. The Morgan fingerprint density at radius 2 is 1.90 bits per heavy atom. The molecular formula is C22H29FN4O3. The number of ether oxygens (including phenoxy) is 2. The highest BCUT2D eigenvalue weighted by Crippen LogP contribution is 2.28. The predicted molar refractivity (Wildman–Crippen MR) is 115 cm³/mol. The first-order valence-corrected chi connectivity index (χ1v) is 9.81. The summed E-state index contributed by atoms with van der Waals surface area (Å²) in [5.74, 6) is 1.27. The van der Waals surface area contributed by atoms with Crippen LogP contribution in [0, 0.1) is 5.82 Å². The number of amides is 1. The second kappa shape index (κ2) is 12.3. The minimum Gasteiger partial charge on any atom is -0.493 e. The first kappa shape index (κ1) is 23.0. The molecule has 7 nitrogen and oxygen atoms in total. The summed E-state index contributed by atoms with van der Waals surface area (Å²) in [6.45, 7) is 3.39. The Kier molecular flexibility index (Phi) is 9.44. The molecule has 0 aliphatic heterocycles. The van der Waals surface area contributed by atoms with E-state index in [1.807, 2.05) is 25.1 Å².